The van der Waals surface area contributed by atoms with Crippen molar-refractivity contribution in [2.45, 2.75) is 6.92 Å². The van der Waals surface area contributed by atoms with Crippen molar-refractivity contribution in [2.75, 3.05) is 5.32 Å². The molecule has 0 aliphatic carbocycles. The van der Waals surface area contributed by atoms with Crippen molar-refractivity contribution in [3.8, 4) is 0 Å². The van der Waals surface area contributed by atoms with E-state index in [-0.39, 0.29) is 11.3 Å². The van der Waals surface area contributed by atoms with Crippen LogP contribution >= 0.6 is 0 Å². The monoisotopic (exact) mass is 271 g/mol. The maximum Gasteiger partial charge on any atom is 0.293 e. The van der Waals surface area contributed by atoms with E-state index in [1.807, 2.05) is 31.2 Å². The van der Waals surface area contributed by atoms with Gasteiger partial charge in [0.15, 0.2) is 0 Å². The lowest BCUT2D eigenvalue weighted by Gasteiger charge is -2.10. The predicted octanol–water partition coefficient (Wildman–Crippen LogP) is 2.75. The van der Waals surface area contributed by atoms with E-state index in [0.29, 0.717) is 5.69 Å². The lowest BCUT2D eigenvalue weighted by atomic mass is 10.1. The summed E-state index contributed by atoms with van der Waals surface area (Å²) in [4.78, 5) is 21.6. The van der Waals surface area contributed by atoms with Crippen LogP contribution in [0.1, 0.15) is 15.9 Å². The number of benzene rings is 2. The highest BCUT2D eigenvalue weighted by Gasteiger charge is 2.17. The number of nitrogens with one attached hydrogen (secondary N) is 1. The first kappa shape index (κ1) is 13.5. The van der Waals surface area contributed by atoms with Crippen molar-refractivity contribution in [1.82, 2.24) is 0 Å². The third kappa shape index (κ3) is 2.74. The molecular formula is C14H13N3O3. The Bertz CT molecular complexity index is 683. The zero-order valence-corrected chi connectivity index (χ0v) is 10.8. The molecule has 102 valence electrons. The number of nitrogens with zero attached hydrogens (tertiary/aromatic N) is 1. The van der Waals surface area contributed by atoms with Crippen LogP contribution in [0.4, 0.5) is 17.1 Å². The predicted molar refractivity (Wildman–Crippen MR) is 76.1 cm³/mol. The number of hydrogen-bond donors (Lipinski definition) is 2. The molecule has 0 spiro atoms. The summed E-state index contributed by atoms with van der Waals surface area (Å²) in [5.74, 6) is -0.699. The van der Waals surface area contributed by atoms with Crippen LogP contribution in [0.5, 0.6) is 0 Å². The highest BCUT2D eigenvalue weighted by molar-refractivity contribution is 5.94. The van der Waals surface area contributed by atoms with Gasteiger partial charge >= 0.3 is 0 Å². The Labute approximate surface area is 115 Å². The average molecular weight is 271 g/mol. The zero-order chi connectivity index (χ0) is 14.7. The Hall–Kier alpha value is -2.89. The fourth-order valence-electron chi connectivity index (χ4n) is 1.80. The number of nitro groups is 1. The highest BCUT2D eigenvalue weighted by Crippen LogP contribution is 2.29. The molecule has 6 heteroatoms. The minimum atomic E-state index is -0.699. The number of primary amides is 1. The first-order chi connectivity index (χ1) is 9.49. The maximum atomic E-state index is 11.1. The van der Waals surface area contributed by atoms with Gasteiger partial charge in [0, 0.05) is 17.3 Å². The van der Waals surface area contributed by atoms with Gasteiger partial charge in [0.2, 0.25) is 5.91 Å². The number of aryl methyl sites for hydroxylation is 1. The van der Waals surface area contributed by atoms with Crippen LogP contribution in [0.25, 0.3) is 0 Å². The van der Waals surface area contributed by atoms with E-state index in [9.17, 15) is 14.9 Å². The molecular weight excluding hydrogens is 258 g/mol. The van der Waals surface area contributed by atoms with Crippen molar-refractivity contribution in [3.63, 3.8) is 0 Å². The Morgan fingerprint density at radius 1 is 1.20 bits per heavy atom. The molecule has 0 fully saturated rings. The minimum absolute atomic E-state index is 0.104. The number of nitrogens with two attached hydrogens (primary N) is 1. The normalized spacial score (nSPS) is 10.1. The number of anilines is 2. The van der Waals surface area contributed by atoms with E-state index in [2.05, 4.69) is 5.32 Å². The number of nitro benzene ring substituents is 1. The highest BCUT2D eigenvalue weighted by atomic mass is 16.6. The standard InChI is InChI=1S/C14H13N3O3/c1-9-4-2-3-5-11(9)16-12-7-6-10(14(15)18)8-13(12)17(19)20/h2-8,16H,1H3,(H2,15,18). The van der Waals surface area contributed by atoms with Gasteiger partial charge in [-0.05, 0) is 30.7 Å². The first-order valence-corrected chi connectivity index (χ1v) is 5.90. The Kier molecular flexibility index (Phi) is 3.65. The van der Waals surface area contributed by atoms with Gasteiger partial charge in [0.25, 0.3) is 5.69 Å². The molecule has 0 atom stereocenters. The smallest absolute Gasteiger partial charge is 0.293 e. The SMILES string of the molecule is Cc1ccccc1Nc1ccc(C(N)=O)cc1[N+](=O)[O-]. The average Bonchev–Trinajstić information content (AvgIpc) is 2.41. The minimum Gasteiger partial charge on any atom is -0.366 e. The molecule has 0 radical (unpaired) electrons. The summed E-state index contributed by atoms with van der Waals surface area (Å²) in [6, 6.07) is 11.5. The molecule has 0 saturated heterocycles. The molecule has 0 aliphatic rings. The summed E-state index contributed by atoms with van der Waals surface area (Å²) >= 11 is 0. The zero-order valence-electron chi connectivity index (χ0n) is 10.8. The second-order valence-electron chi connectivity index (χ2n) is 4.29. The Balaban J connectivity index is 2.44. The first-order valence-electron chi connectivity index (χ1n) is 5.90. The summed E-state index contributed by atoms with van der Waals surface area (Å²) in [5, 5.41) is 14.1. The molecule has 0 bridgehead atoms. The molecule has 0 saturated carbocycles. The topological polar surface area (TPSA) is 98.3 Å². The number of carbonyl (C=O) groups excluding carboxylic acids is 1. The summed E-state index contributed by atoms with van der Waals surface area (Å²) < 4.78 is 0. The Morgan fingerprint density at radius 3 is 2.50 bits per heavy atom. The van der Waals surface area contributed by atoms with E-state index >= 15 is 0 Å². The van der Waals surface area contributed by atoms with Gasteiger partial charge in [-0.2, -0.15) is 0 Å². The van der Waals surface area contributed by atoms with Gasteiger partial charge in [-0.25, -0.2) is 0 Å². The van der Waals surface area contributed by atoms with Gasteiger partial charge in [0.05, 0.1) is 4.92 Å². The number of rotatable bonds is 4. The Morgan fingerprint density at radius 2 is 1.90 bits per heavy atom. The van der Waals surface area contributed by atoms with E-state index in [1.165, 1.54) is 18.2 Å². The van der Waals surface area contributed by atoms with Crippen LogP contribution in [-0.2, 0) is 0 Å². The number of para-hydroxylation sites is 1. The van der Waals surface area contributed by atoms with Crippen molar-refractivity contribution >= 4 is 23.0 Å². The van der Waals surface area contributed by atoms with Crippen LogP contribution in [0, 0.1) is 17.0 Å². The van der Waals surface area contributed by atoms with Gasteiger partial charge in [-0.3, -0.25) is 14.9 Å². The lowest BCUT2D eigenvalue weighted by molar-refractivity contribution is -0.383. The summed E-state index contributed by atoms with van der Waals surface area (Å²) in [7, 11) is 0. The molecule has 0 aliphatic heterocycles. The second-order valence-corrected chi connectivity index (χ2v) is 4.29. The largest absolute Gasteiger partial charge is 0.366 e. The van der Waals surface area contributed by atoms with Crippen molar-refractivity contribution in [2.24, 2.45) is 5.73 Å². The van der Waals surface area contributed by atoms with E-state index < -0.39 is 10.8 Å². The molecule has 0 unspecified atom stereocenters. The number of amides is 1. The van der Waals surface area contributed by atoms with Gasteiger partial charge in [0.1, 0.15) is 5.69 Å². The molecule has 3 N–H and O–H groups in total. The van der Waals surface area contributed by atoms with Crippen LogP contribution in [0.2, 0.25) is 0 Å². The van der Waals surface area contributed by atoms with Gasteiger partial charge in [-0.1, -0.05) is 18.2 Å². The van der Waals surface area contributed by atoms with E-state index in [0.717, 1.165) is 11.3 Å². The van der Waals surface area contributed by atoms with Crippen LogP contribution in [-0.4, -0.2) is 10.8 Å². The molecule has 2 rings (SSSR count). The third-order valence-corrected chi connectivity index (χ3v) is 2.89. The fraction of sp³-hybridized carbons (Fsp3) is 0.0714. The molecule has 20 heavy (non-hydrogen) atoms. The molecule has 2 aromatic rings. The lowest BCUT2D eigenvalue weighted by Crippen LogP contribution is -2.11. The summed E-state index contributed by atoms with van der Waals surface area (Å²) in [6.45, 7) is 1.89. The van der Waals surface area contributed by atoms with Crippen LogP contribution in [0.3, 0.4) is 0 Å². The molecule has 2 aromatic carbocycles. The molecule has 1 amide bonds. The van der Waals surface area contributed by atoms with Crippen LogP contribution < -0.4 is 11.1 Å². The quantitative estimate of drug-likeness (QED) is 0.659. The van der Waals surface area contributed by atoms with E-state index in [4.69, 9.17) is 5.73 Å². The molecule has 6 nitrogen and oxygen atoms in total. The molecule has 0 aromatic heterocycles. The van der Waals surface area contributed by atoms with Crippen molar-refractivity contribution in [3.05, 3.63) is 63.7 Å². The summed E-state index contributed by atoms with van der Waals surface area (Å²) in [6.07, 6.45) is 0. The van der Waals surface area contributed by atoms with E-state index in [1.54, 1.807) is 0 Å². The number of hydrogen-bond acceptors (Lipinski definition) is 4. The number of carbonyl (C=O) groups is 1. The molecule has 0 heterocycles. The van der Waals surface area contributed by atoms with Crippen molar-refractivity contribution < 1.29 is 9.72 Å². The van der Waals surface area contributed by atoms with Crippen molar-refractivity contribution in [1.29, 1.82) is 0 Å². The van der Waals surface area contributed by atoms with Gasteiger partial charge in [-0.15, -0.1) is 0 Å². The van der Waals surface area contributed by atoms with Crippen LogP contribution in [0.15, 0.2) is 42.5 Å². The third-order valence-electron chi connectivity index (χ3n) is 2.89. The maximum absolute atomic E-state index is 11.1. The van der Waals surface area contributed by atoms with Gasteiger partial charge < -0.3 is 11.1 Å². The second kappa shape index (κ2) is 5.40. The fourth-order valence-corrected chi connectivity index (χ4v) is 1.80. The summed E-state index contributed by atoms with van der Waals surface area (Å²) in [5.41, 5.74) is 7.08.